The van der Waals surface area contributed by atoms with Crippen LogP contribution < -0.4 is 5.32 Å². The molecule has 0 bridgehead atoms. The van der Waals surface area contributed by atoms with Crippen molar-refractivity contribution in [2.24, 2.45) is 5.92 Å². The second-order valence-electron chi connectivity index (χ2n) is 5.66. The molecule has 4 nitrogen and oxygen atoms in total. The van der Waals surface area contributed by atoms with E-state index in [0.29, 0.717) is 0 Å². The first-order valence-electron chi connectivity index (χ1n) is 7.56. The molecule has 1 saturated carbocycles. The lowest BCUT2D eigenvalue weighted by Crippen LogP contribution is -2.46. The van der Waals surface area contributed by atoms with Crippen molar-refractivity contribution in [3.8, 4) is 0 Å². The summed E-state index contributed by atoms with van der Waals surface area (Å²) in [4.78, 5) is 24.2. The van der Waals surface area contributed by atoms with E-state index in [1.165, 1.54) is 7.11 Å². The van der Waals surface area contributed by atoms with Crippen molar-refractivity contribution in [1.29, 1.82) is 0 Å². The average molecular weight is 289 g/mol. The van der Waals surface area contributed by atoms with E-state index in [1.807, 2.05) is 37.3 Å². The van der Waals surface area contributed by atoms with E-state index in [9.17, 15) is 9.59 Å². The molecule has 3 unspecified atom stereocenters. The van der Waals surface area contributed by atoms with Crippen LogP contribution in [0.3, 0.4) is 0 Å². The van der Waals surface area contributed by atoms with Gasteiger partial charge in [-0.2, -0.15) is 0 Å². The van der Waals surface area contributed by atoms with Crippen LogP contribution in [0.25, 0.3) is 0 Å². The lowest BCUT2D eigenvalue weighted by molar-refractivity contribution is -0.147. The number of benzene rings is 1. The zero-order chi connectivity index (χ0) is 15.2. The molecular formula is C17H23NO3. The number of ether oxygens (including phenoxy) is 1. The van der Waals surface area contributed by atoms with Gasteiger partial charge in [0.05, 0.1) is 18.9 Å². The summed E-state index contributed by atoms with van der Waals surface area (Å²) in [5.74, 6) is -0.670. The maximum absolute atomic E-state index is 12.4. The van der Waals surface area contributed by atoms with E-state index < -0.39 is 0 Å². The Bertz CT molecular complexity index is 486. The van der Waals surface area contributed by atoms with E-state index >= 15 is 0 Å². The van der Waals surface area contributed by atoms with Gasteiger partial charge in [-0.3, -0.25) is 9.59 Å². The van der Waals surface area contributed by atoms with Crippen molar-refractivity contribution in [3.63, 3.8) is 0 Å². The Labute approximate surface area is 125 Å². The molecule has 1 N–H and O–H groups in total. The Hall–Kier alpha value is -1.84. The molecule has 0 saturated heterocycles. The Morgan fingerprint density at radius 1 is 1.19 bits per heavy atom. The van der Waals surface area contributed by atoms with Crippen molar-refractivity contribution >= 4 is 11.9 Å². The van der Waals surface area contributed by atoms with Crippen LogP contribution in [0.15, 0.2) is 30.3 Å². The molecule has 1 aromatic carbocycles. The highest BCUT2D eigenvalue weighted by Gasteiger charge is 2.33. The SMILES string of the molecule is COC(=O)C1CCCCC1NC(=O)C(C)c1ccccc1. The first-order chi connectivity index (χ1) is 10.1. The number of methoxy groups -OCH3 is 1. The molecule has 0 spiro atoms. The molecule has 1 fully saturated rings. The molecule has 1 aromatic rings. The molecule has 21 heavy (non-hydrogen) atoms. The predicted molar refractivity (Wildman–Crippen MR) is 80.8 cm³/mol. The van der Waals surface area contributed by atoms with Gasteiger partial charge in [0.15, 0.2) is 0 Å². The summed E-state index contributed by atoms with van der Waals surface area (Å²) in [7, 11) is 1.41. The molecule has 0 radical (unpaired) electrons. The molecule has 4 heteroatoms. The fourth-order valence-corrected chi connectivity index (χ4v) is 2.94. The number of carbonyl (C=O) groups is 2. The summed E-state index contributed by atoms with van der Waals surface area (Å²) in [6.07, 6.45) is 3.68. The van der Waals surface area contributed by atoms with Crippen molar-refractivity contribution in [1.82, 2.24) is 5.32 Å². The zero-order valence-electron chi connectivity index (χ0n) is 12.7. The topological polar surface area (TPSA) is 55.4 Å². The van der Waals surface area contributed by atoms with Crippen LogP contribution in [0.4, 0.5) is 0 Å². The standard InChI is InChI=1S/C17H23NO3/c1-12(13-8-4-3-5-9-13)16(19)18-15-11-7-6-10-14(15)17(20)21-2/h3-5,8-9,12,14-15H,6-7,10-11H2,1-2H3,(H,18,19). The summed E-state index contributed by atoms with van der Waals surface area (Å²) in [6.45, 7) is 1.89. The van der Waals surface area contributed by atoms with Crippen LogP contribution in [0.5, 0.6) is 0 Å². The lowest BCUT2D eigenvalue weighted by Gasteiger charge is -2.31. The van der Waals surface area contributed by atoms with Crippen molar-refractivity contribution in [3.05, 3.63) is 35.9 Å². The van der Waals surface area contributed by atoms with Gasteiger partial charge in [0.2, 0.25) is 5.91 Å². The maximum Gasteiger partial charge on any atom is 0.310 e. The van der Waals surface area contributed by atoms with Gasteiger partial charge in [-0.15, -0.1) is 0 Å². The minimum absolute atomic E-state index is 0.0259. The molecule has 3 atom stereocenters. The van der Waals surface area contributed by atoms with Crippen molar-refractivity contribution in [2.45, 2.75) is 44.6 Å². The zero-order valence-corrected chi connectivity index (χ0v) is 12.7. The Kier molecular flexibility index (Phi) is 5.37. The van der Waals surface area contributed by atoms with Crippen LogP contribution in [0.1, 0.15) is 44.1 Å². The number of carbonyl (C=O) groups excluding carboxylic acids is 2. The van der Waals surface area contributed by atoms with E-state index in [4.69, 9.17) is 4.74 Å². The summed E-state index contributed by atoms with van der Waals surface area (Å²) >= 11 is 0. The third-order valence-electron chi connectivity index (χ3n) is 4.29. The van der Waals surface area contributed by atoms with Crippen molar-refractivity contribution < 1.29 is 14.3 Å². The monoisotopic (exact) mass is 289 g/mol. The third kappa shape index (κ3) is 3.84. The van der Waals surface area contributed by atoms with Crippen LogP contribution in [0.2, 0.25) is 0 Å². The third-order valence-corrected chi connectivity index (χ3v) is 4.29. The molecule has 0 aliphatic heterocycles. The number of amides is 1. The Morgan fingerprint density at radius 2 is 1.86 bits per heavy atom. The van der Waals surface area contributed by atoms with Gasteiger partial charge in [0.1, 0.15) is 0 Å². The summed E-state index contributed by atoms with van der Waals surface area (Å²) in [6, 6.07) is 9.58. The number of rotatable bonds is 4. The smallest absolute Gasteiger partial charge is 0.310 e. The molecule has 1 aliphatic carbocycles. The molecule has 2 rings (SSSR count). The number of nitrogens with one attached hydrogen (secondary N) is 1. The maximum atomic E-state index is 12.4. The highest BCUT2D eigenvalue weighted by Crippen LogP contribution is 2.26. The second-order valence-corrected chi connectivity index (χ2v) is 5.66. The first-order valence-corrected chi connectivity index (χ1v) is 7.56. The van der Waals surface area contributed by atoms with Gasteiger partial charge in [0, 0.05) is 6.04 Å². The Balaban J connectivity index is 2.01. The predicted octanol–water partition coefficient (Wildman–Crippen LogP) is 2.64. The van der Waals surface area contributed by atoms with Crippen LogP contribution >= 0.6 is 0 Å². The highest BCUT2D eigenvalue weighted by molar-refractivity contribution is 5.84. The molecule has 114 valence electrons. The van der Waals surface area contributed by atoms with Gasteiger partial charge in [0.25, 0.3) is 0 Å². The van der Waals surface area contributed by atoms with Crippen LogP contribution in [-0.4, -0.2) is 25.0 Å². The number of hydrogen-bond acceptors (Lipinski definition) is 3. The Morgan fingerprint density at radius 3 is 2.52 bits per heavy atom. The van der Waals surface area contributed by atoms with Gasteiger partial charge in [-0.05, 0) is 25.3 Å². The van der Waals surface area contributed by atoms with Gasteiger partial charge < -0.3 is 10.1 Å². The fraction of sp³-hybridized carbons (Fsp3) is 0.529. The quantitative estimate of drug-likeness (QED) is 0.867. The minimum atomic E-state index is -0.216. The largest absolute Gasteiger partial charge is 0.469 e. The van der Waals surface area contributed by atoms with E-state index in [0.717, 1.165) is 31.2 Å². The minimum Gasteiger partial charge on any atom is -0.469 e. The van der Waals surface area contributed by atoms with E-state index in [-0.39, 0.29) is 29.8 Å². The number of esters is 1. The van der Waals surface area contributed by atoms with E-state index in [2.05, 4.69) is 5.32 Å². The number of hydrogen-bond donors (Lipinski definition) is 1. The second kappa shape index (κ2) is 7.25. The summed E-state index contributed by atoms with van der Waals surface area (Å²) in [5.41, 5.74) is 0.987. The lowest BCUT2D eigenvalue weighted by atomic mass is 9.84. The average Bonchev–Trinajstić information content (AvgIpc) is 2.54. The molecule has 1 amide bonds. The highest BCUT2D eigenvalue weighted by atomic mass is 16.5. The molecular weight excluding hydrogens is 266 g/mol. The van der Waals surface area contributed by atoms with Gasteiger partial charge >= 0.3 is 5.97 Å². The van der Waals surface area contributed by atoms with Crippen molar-refractivity contribution in [2.75, 3.05) is 7.11 Å². The molecule has 0 aromatic heterocycles. The molecule has 1 aliphatic rings. The summed E-state index contributed by atoms with van der Waals surface area (Å²) in [5, 5.41) is 3.04. The van der Waals surface area contributed by atoms with Gasteiger partial charge in [-0.1, -0.05) is 43.2 Å². The van der Waals surface area contributed by atoms with Gasteiger partial charge in [-0.25, -0.2) is 0 Å². The van der Waals surface area contributed by atoms with E-state index in [1.54, 1.807) is 0 Å². The van der Waals surface area contributed by atoms with Crippen LogP contribution in [-0.2, 0) is 14.3 Å². The van der Waals surface area contributed by atoms with Crippen LogP contribution in [0, 0.1) is 5.92 Å². The molecule has 0 heterocycles. The summed E-state index contributed by atoms with van der Waals surface area (Å²) < 4.78 is 4.86. The first kappa shape index (κ1) is 15.5. The normalized spacial score (nSPS) is 23.1. The fourth-order valence-electron chi connectivity index (χ4n) is 2.94.